The van der Waals surface area contributed by atoms with Gasteiger partial charge in [-0.3, -0.25) is 28.9 Å². The fourth-order valence-electron chi connectivity index (χ4n) is 8.83. The number of nitrogens with zero attached hydrogens (tertiary/aromatic N) is 9. The number of unbranched alkanes of at least 4 members (excludes halogenated alkanes) is 2. The van der Waals surface area contributed by atoms with E-state index in [1.165, 1.54) is 6.07 Å². The Hall–Kier alpha value is -6.85. The van der Waals surface area contributed by atoms with Crippen LogP contribution in [0.2, 0.25) is 0 Å². The van der Waals surface area contributed by atoms with Crippen molar-refractivity contribution in [3.63, 3.8) is 0 Å². The number of ether oxygens (including phenoxy) is 3. The van der Waals surface area contributed by atoms with Crippen LogP contribution in [0.1, 0.15) is 108 Å². The van der Waals surface area contributed by atoms with E-state index in [0.29, 0.717) is 68.7 Å². The molecule has 3 amide bonds. The van der Waals surface area contributed by atoms with Crippen LogP contribution in [0.4, 0.5) is 24.5 Å². The molecular formula is C51H59F3N10O6S. The number of imidazole rings is 1. The molecule has 0 unspecified atom stereocenters. The van der Waals surface area contributed by atoms with Crippen molar-refractivity contribution in [2.75, 3.05) is 42.8 Å². The smallest absolute Gasteiger partial charge is 0.417 e. The molecule has 3 aromatic heterocycles. The molecule has 7 rings (SSSR count). The normalized spacial score (nSPS) is 16.6. The molecule has 2 fully saturated rings. The lowest BCUT2D eigenvalue weighted by molar-refractivity contribution is -0.142. The first-order valence-electron chi connectivity index (χ1n) is 23.8. The van der Waals surface area contributed by atoms with E-state index in [4.69, 9.17) is 26.4 Å². The predicted octanol–water partition coefficient (Wildman–Crippen LogP) is 8.68. The lowest BCUT2D eigenvalue weighted by Crippen LogP contribution is -2.49. The molecule has 71 heavy (non-hydrogen) atoms. The first-order valence-corrected chi connectivity index (χ1v) is 24.2. The number of amides is 3. The maximum absolute atomic E-state index is 14.1. The van der Waals surface area contributed by atoms with Gasteiger partial charge in [-0.1, -0.05) is 13.8 Å². The first-order chi connectivity index (χ1) is 33.9. The summed E-state index contributed by atoms with van der Waals surface area (Å²) in [5, 5.41) is 16.8. The number of likely N-dealkylation sites (tertiary alicyclic amines) is 1. The summed E-state index contributed by atoms with van der Waals surface area (Å²) in [5.41, 5.74) is -0.808. The second-order valence-electron chi connectivity index (χ2n) is 18.4. The molecule has 2 aromatic carbocycles. The molecule has 2 aliphatic heterocycles. The Morgan fingerprint density at radius 2 is 1.61 bits per heavy atom. The molecular weight excluding hydrogens is 938 g/mol. The fraction of sp³-hybridized carbons (Fsp3) is 0.451. The number of hydrogen-bond donors (Lipinski definition) is 1. The van der Waals surface area contributed by atoms with Gasteiger partial charge in [0, 0.05) is 44.3 Å². The van der Waals surface area contributed by atoms with Crippen LogP contribution in [0.25, 0.3) is 5.69 Å². The molecule has 2 aliphatic rings. The number of thiocarbonyl (C=S) groups is 1. The summed E-state index contributed by atoms with van der Waals surface area (Å²) in [6.07, 6.45) is 8.35. The highest BCUT2D eigenvalue weighted by Gasteiger charge is 2.51. The highest BCUT2D eigenvalue weighted by molar-refractivity contribution is 7.81. The predicted molar refractivity (Wildman–Crippen MR) is 263 cm³/mol. The summed E-state index contributed by atoms with van der Waals surface area (Å²) < 4.78 is 62.4. The molecule has 0 saturated carbocycles. The van der Waals surface area contributed by atoms with Gasteiger partial charge in [-0.05, 0) is 133 Å². The van der Waals surface area contributed by atoms with Crippen LogP contribution in [0.3, 0.4) is 0 Å². The monoisotopic (exact) mass is 996 g/mol. The van der Waals surface area contributed by atoms with Gasteiger partial charge in [0.1, 0.15) is 29.2 Å². The number of nitrogens with one attached hydrogen (secondary N) is 1. The average molecular weight is 997 g/mol. The zero-order chi connectivity index (χ0) is 51.0. The summed E-state index contributed by atoms with van der Waals surface area (Å²) in [5.74, 6) is 1.03. The van der Waals surface area contributed by atoms with E-state index in [9.17, 15) is 32.8 Å². The Morgan fingerprint density at radius 1 is 0.915 bits per heavy atom. The van der Waals surface area contributed by atoms with Gasteiger partial charge >= 0.3 is 6.18 Å². The third-order valence-corrected chi connectivity index (χ3v) is 13.0. The summed E-state index contributed by atoms with van der Waals surface area (Å²) >= 11 is 5.64. The van der Waals surface area contributed by atoms with Crippen molar-refractivity contribution < 1.29 is 41.8 Å². The van der Waals surface area contributed by atoms with Crippen molar-refractivity contribution >= 4 is 46.4 Å². The lowest BCUT2D eigenvalue weighted by atomic mass is 10.0. The van der Waals surface area contributed by atoms with Crippen molar-refractivity contribution in [3.8, 4) is 23.3 Å². The largest absolute Gasteiger partial charge is 0.494 e. The van der Waals surface area contributed by atoms with Crippen LogP contribution in [0.15, 0.2) is 85.6 Å². The van der Waals surface area contributed by atoms with Gasteiger partial charge in [0.2, 0.25) is 11.8 Å². The van der Waals surface area contributed by atoms with Crippen molar-refractivity contribution in [3.05, 3.63) is 108 Å². The summed E-state index contributed by atoms with van der Waals surface area (Å²) in [6.45, 7) is 13.5. The van der Waals surface area contributed by atoms with Crippen molar-refractivity contribution in [2.45, 2.75) is 110 Å². The minimum absolute atomic E-state index is 0.0143. The van der Waals surface area contributed by atoms with Crippen LogP contribution >= 0.6 is 12.2 Å². The molecule has 2 saturated heterocycles. The Labute approximate surface area is 416 Å². The van der Waals surface area contributed by atoms with Crippen molar-refractivity contribution in [1.29, 1.82) is 5.26 Å². The van der Waals surface area contributed by atoms with E-state index in [1.54, 1.807) is 83.5 Å². The summed E-state index contributed by atoms with van der Waals surface area (Å²) in [7, 11) is 0. The average Bonchev–Trinajstić information content (AvgIpc) is 4.15. The number of hydrogen-bond acceptors (Lipinski definition) is 11. The fourth-order valence-corrected chi connectivity index (χ4v) is 9.35. The Kier molecular flexibility index (Phi) is 16.5. The molecule has 16 nitrogen and oxygen atoms in total. The van der Waals surface area contributed by atoms with Crippen LogP contribution in [-0.2, 0) is 25.3 Å². The number of benzene rings is 2. The number of halogens is 3. The molecule has 1 N–H and O–H groups in total. The van der Waals surface area contributed by atoms with Crippen molar-refractivity contribution in [1.82, 2.24) is 34.5 Å². The van der Waals surface area contributed by atoms with E-state index in [-0.39, 0.29) is 34.6 Å². The molecule has 3 atom stereocenters. The SMILES string of the molecule is Cc1nccn1-c1ccc([C@H](C)NC(=O)[C@@H]2CCCN2C(=O)[C@@H](C(C)C)n2cc(OCCCOCCCCCOc3ccc(N4C(=S)N(c5ccc(C#N)c(C(F)(F)F)c5)C(=O)C4(C)C)cc3)cn2)nc1. The molecule has 5 heterocycles. The van der Waals surface area contributed by atoms with Gasteiger partial charge in [0.15, 0.2) is 10.9 Å². The zero-order valence-electron chi connectivity index (χ0n) is 40.7. The highest BCUT2D eigenvalue weighted by Crippen LogP contribution is 2.40. The standard InChI is InChI=1S/C51H59F3N10O6S/c1-33(2)45(47(66)61-22-10-12-44(61)46(65)59-34(3)43-20-17-39(30-57-43)60-23-21-56-35(60)4)62-32-41(31-58-62)70-27-11-25-68-24-8-7-9-26-69-40-18-15-37(16-19-40)64-49(71)63(48(67)50(64,5)6)38-14-13-36(29-55)42(28-38)51(52,53)54/h13-21,23,28,30-34,44-45H,7-12,22,24-27H2,1-6H3,(H,59,65)/t34-,44-,45+/m0/s1. The molecule has 376 valence electrons. The maximum Gasteiger partial charge on any atom is 0.417 e. The number of carbonyl (C=O) groups is 3. The number of carbonyl (C=O) groups excluding carboxylic acids is 3. The minimum atomic E-state index is -4.79. The minimum Gasteiger partial charge on any atom is -0.494 e. The zero-order valence-corrected chi connectivity index (χ0v) is 41.5. The van der Waals surface area contributed by atoms with Crippen LogP contribution in [-0.4, -0.2) is 96.6 Å². The summed E-state index contributed by atoms with van der Waals surface area (Å²) in [4.78, 5) is 54.4. The molecule has 20 heteroatoms. The maximum atomic E-state index is 14.1. The van der Waals surface area contributed by atoms with E-state index < -0.39 is 40.8 Å². The number of nitriles is 1. The van der Waals surface area contributed by atoms with Crippen molar-refractivity contribution in [2.24, 2.45) is 5.92 Å². The Balaban J connectivity index is 0.787. The Bertz CT molecular complexity index is 2720. The molecule has 5 aromatic rings. The third-order valence-electron chi connectivity index (χ3n) is 12.6. The first kappa shape index (κ1) is 52.0. The second-order valence-corrected chi connectivity index (χ2v) is 18.8. The van der Waals surface area contributed by atoms with Crippen LogP contribution in [0.5, 0.6) is 11.5 Å². The quantitative estimate of drug-likeness (QED) is 0.0549. The Morgan fingerprint density at radius 3 is 2.28 bits per heavy atom. The summed E-state index contributed by atoms with van der Waals surface area (Å²) in [6, 6.07) is 13.9. The molecule has 0 spiro atoms. The topological polar surface area (TPSA) is 173 Å². The van der Waals surface area contributed by atoms with Crippen LogP contribution < -0.4 is 24.6 Å². The van der Waals surface area contributed by atoms with Gasteiger partial charge in [0.25, 0.3) is 5.91 Å². The number of anilines is 2. The van der Waals surface area contributed by atoms with E-state index >= 15 is 0 Å². The highest BCUT2D eigenvalue weighted by atomic mass is 32.1. The van der Waals surface area contributed by atoms with Gasteiger partial charge in [0.05, 0.1) is 72.1 Å². The molecule has 0 radical (unpaired) electrons. The lowest BCUT2D eigenvalue weighted by Gasteiger charge is -2.30. The number of pyridine rings is 1. The number of alkyl halides is 3. The second kappa shape index (κ2) is 22.5. The van der Waals surface area contributed by atoms with Crippen LogP contribution in [0, 0.1) is 24.2 Å². The number of aryl methyl sites for hydroxylation is 1. The van der Waals surface area contributed by atoms with Gasteiger partial charge in [-0.2, -0.15) is 23.5 Å². The number of rotatable bonds is 21. The van der Waals surface area contributed by atoms with Gasteiger partial charge in [-0.25, -0.2) is 4.98 Å². The van der Waals surface area contributed by atoms with Gasteiger partial charge < -0.3 is 33.9 Å². The number of aromatic nitrogens is 5. The third kappa shape index (κ3) is 11.9. The van der Waals surface area contributed by atoms with E-state index in [1.807, 2.05) is 50.6 Å². The molecule has 0 aliphatic carbocycles. The molecule has 0 bridgehead atoms. The van der Waals surface area contributed by atoms with E-state index in [0.717, 1.165) is 54.2 Å². The van der Waals surface area contributed by atoms with E-state index in [2.05, 4.69) is 20.4 Å². The van der Waals surface area contributed by atoms with Gasteiger partial charge in [-0.15, -0.1) is 0 Å².